The van der Waals surface area contributed by atoms with Gasteiger partial charge in [0.15, 0.2) is 5.96 Å². The van der Waals surface area contributed by atoms with Crippen molar-refractivity contribution in [3.8, 4) is 11.5 Å². The van der Waals surface area contributed by atoms with Gasteiger partial charge < -0.3 is 107 Å². The number of H-pyrrole nitrogens is 1. The third-order valence-corrected chi connectivity index (χ3v) is 19.2. The molecule has 0 unspecified atom stereocenters. The van der Waals surface area contributed by atoms with Crippen LogP contribution in [0.25, 0.3) is 10.9 Å². The molecule has 107 heavy (non-hydrogen) atoms. The summed E-state index contributed by atoms with van der Waals surface area (Å²) in [5.74, 6) is -16.0. The number of guanidine groups is 1. The lowest BCUT2D eigenvalue weighted by Crippen LogP contribution is -2.61. The maximum Gasteiger partial charge on any atom is 0.303 e. The standard InChI is InChI=1S/C70H92N18O17S2/c1-38(2)60-69(105)84-51(32-40-16-20-44(90)21-17-40)66(102)81-47(13-8-29-77-70(74)75)62(98)76-30-27-56(92)79-48(22-24-55(72)91)63(99)83-52(33-41-34-78-46-12-7-6-11-45(41)46)67(103)82-49(23-25-59(95)96)64(100)85-53(61(73)97)36-106-107-37-54(68(104)87-60)86-65(101)50(31-39-14-18-43(89)19-15-39)80-57(93)35-88(58(94)26-28-71)42-9-4-3-5-10-42/h3-7,9-12,14-21,34,38,47-54,60,78,89-90H,8,13,22-33,35-37,71H2,1-2H3,(H2,72,91)(H2,73,97)(H,76,98)(H,79,92)(H,80,93)(H,81,102)(H,82,103)(H,83,99)(H,84,105)(H,85,100)(H,86,101)(H,87,104)(H,95,96)(H4,74,75,77)/t47-,48-,49-,50-,51-,52-,53+,54-,60-/m0/s1. The van der Waals surface area contributed by atoms with Crippen molar-refractivity contribution in [2.45, 2.75) is 139 Å². The number of aromatic amines is 1. The second kappa shape index (κ2) is 42.5. The number of phenols is 2. The molecule has 35 nitrogen and oxygen atoms in total. The van der Waals surface area contributed by atoms with E-state index in [0.29, 0.717) is 33.3 Å². The third kappa shape index (κ3) is 28.2. The van der Waals surface area contributed by atoms with E-state index in [0.717, 1.165) is 21.6 Å². The number of hydrogen-bond acceptors (Lipinski definition) is 20. The minimum Gasteiger partial charge on any atom is -0.508 e. The number of aromatic hydroxyl groups is 2. The van der Waals surface area contributed by atoms with Crippen LogP contribution < -0.4 is 86.3 Å². The van der Waals surface area contributed by atoms with E-state index in [9.17, 15) is 77.6 Å². The molecule has 1 aromatic heterocycles. The molecular formula is C70H92N18O17S2. The number of carbonyl (C=O) groups excluding carboxylic acids is 13. The van der Waals surface area contributed by atoms with Gasteiger partial charge in [0, 0.05) is 98.9 Å². The summed E-state index contributed by atoms with van der Waals surface area (Å²) in [5, 5.41) is 67.0. The average molecular weight is 1520 g/mol. The summed E-state index contributed by atoms with van der Waals surface area (Å²) >= 11 is 0. The van der Waals surface area contributed by atoms with Crippen LogP contribution in [0.4, 0.5) is 5.69 Å². The fourth-order valence-corrected chi connectivity index (χ4v) is 13.4. The number of carbonyl (C=O) groups is 14. The quantitative estimate of drug-likeness (QED) is 0.0121. The van der Waals surface area contributed by atoms with E-state index in [1.54, 1.807) is 74.6 Å². The molecule has 1 fully saturated rings. The number of fused-ring (bicyclic) bond motifs is 1. The Hall–Kier alpha value is -11.5. The van der Waals surface area contributed by atoms with E-state index in [1.165, 1.54) is 53.4 Å². The van der Waals surface area contributed by atoms with Gasteiger partial charge in [0.1, 0.15) is 72.4 Å². The lowest BCUT2D eigenvalue weighted by atomic mass is 10.00. The molecule has 0 radical (unpaired) electrons. The van der Waals surface area contributed by atoms with E-state index in [1.807, 2.05) is 0 Å². The lowest BCUT2D eigenvalue weighted by molar-refractivity contribution is -0.138. The highest BCUT2D eigenvalue weighted by Gasteiger charge is 2.37. The SMILES string of the molecule is CC(C)[C@@H]1NC(=O)[C@@H](NC(=O)[C@H](Cc2ccc(O)cc2)NC(=O)CN(C(=O)CCN)c2ccccc2)CSSC[C@H](C(N)=O)NC(=O)[C@H](CCC(=O)O)NC(=O)[C@H](Cc2c[nH]c3ccccc23)NC(=O)[C@H](CCC(N)=O)NC(=O)CCNC(=O)[C@H](CCCNC(=N)N)NC(=O)[C@H](Cc2ccc(O)cc2)NC1=O. The van der Waals surface area contributed by atoms with Gasteiger partial charge in [-0.2, -0.15) is 0 Å². The second-order valence-corrected chi connectivity index (χ2v) is 28.0. The molecule has 1 aliphatic heterocycles. The van der Waals surface area contributed by atoms with Gasteiger partial charge in [-0.15, -0.1) is 0 Å². The number of para-hydroxylation sites is 2. The summed E-state index contributed by atoms with van der Waals surface area (Å²) in [4.78, 5) is 201. The predicted octanol–water partition coefficient (Wildman–Crippen LogP) is -2.21. The highest BCUT2D eigenvalue weighted by Crippen LogP contribution is 2.25. The third-order valence-electron chi connectivity index (χ3n) is 16.8. The summed E-state index contributed by atoms with van der Waals surface area (Å²) < 4.78 is 0. The second-order valence-electron chi connectivity index (χ2n) is 25.4. The fourth-order valence-electron chi connectivity index (χ4n) is 11.1. The van der Waals surface area contributed by atoms with Gasteiger partial charge in [0.05, 0.1) is 0 Å². The number of nitrogens with two attached hydrogens (primary N) is 4. The summed E-state index contributed by atoms with van der Waals surface area (Å²) in [6.45, 7) is 2.01. The minimum atomic E-state index is -1.76. The number of nitrogens with zero attached hydrogens (tertiary/aromatic N) is 1. The van der Waals surface area contributed by atoms with E-state index < -0.39 is 206 Å². The number of carboxylic acids is 1. The number of amides is 13. The van der Waals surface area contributed by atoms with Crippen LogP contribution in [-0.2, 0) is 86.4 Å². The van der Waals surface area contributed by atoms with E-state index in [4.69, 9.17) is 28.3 Å². The van der Waals surface area contributed by atoms with E-state index >= 15 is 4.79 Å². The summed E-state index contributed by atoms with van der Waals surface area (Å²) in [5.41, 5.74) is 24.8. The zero-order chi connectivity index (χ0) is 78.3. The van der Waals surface area contributed by atoms with Crippen molar-refractivity contribution in [3.05, 3.63) is 126 Å². The maximum atomic E-state index is 15.1. The molecule has 0 spiro atoms. The van der Waals surface area contributed by atoms with Gasteiger partial charge in [0.25, 0.3) is 0 Å². The van der Waals surface area contributed by atoms with Crippen molar-refractivity contribution in [3.63, 3.8) is 0 Å². The Morgan fingerprint density at radius 3 is 1.82 bits per heavy atom. The molecule has 6 rings (SSSR count). The zero-order valence-electron chi connectivity index (χ0n) is 58.8. The zero-order valence-corrected chi connectivity index (χ0v) is 60.4. The molecule has 1 aliphatic rings. The Morgan fingerprint density at radius 1 is 0.626 bits per heavy atom. The molecule has 37 heteroatoms. The molecule has 5 aromatic rings. The van der Waals surface area contributed by atoms with Gasteiger partial charge in [-0.25, -0.2) is 0 Å². The number of nitrogens with one attached hydrogen (secondary N) is 13. The number of hydrogen-bond donors (Lipinski definition) is 20. The number of aromatic nitrogens is 1. The molecule has 2 heterocycles. The van der Waals surface area contributed by atoms with Crippen LogP contribution in [0, 0.1) is 11.3 Å². The first kappa shape index (κ1) is 84.5. The fraction of sp³-hybridized carbons (Fsp3) is 0.414. The van der Waals surface area contributed by atoms with Crippen LogP contribution in [0.5, 0.6) is 11.5 Å². The Labute approximate surface area is 623 Å². The Balaban J connectivity index is 1.42. The molecule has 4 aromatic carbocycles. The number of benzene rings is 4. The maximum absolute atomic E-state index is 15.1. The monoisotopic (exact) mass is 1520 g/mol. The highest BCUT2D eigenvalue weighted by atomic mass is 33.1. The van der Waals surface area contributed by atoms with Crippen LogP contribution in [-0.4, -0.2) is 201 Å². The number of rotatable bonds is 26. The number of carboxylic acid groups (broad SMARTS) is 1. The minimum absolute atomic E-state index is 0.0338. The first-order valence-electron chi connectivity index (χ1n) is 34.3. The lowest BCUT2D eigenvalue weighted by Gasteiger charge is -2.29. The Morgan fingerprint density at radius 2 is 1.20 bits per heavy atom. The van der Waals surface area contributed by atoms with E-state index in [-0.39, 0.29) is 63.1 Å². The molecule has 0 aliphatic carbocycles. The van der Waals surface area contributed by atoms with Crippen molar-refractivity contribution in [2.75, 3.05) is 42.6 Å². The van der Waals surface area contributed by atoms with Crippen LogP contribution >= 0.6 is 21.6 Å². The normalized spacial score (nSPS) is 20.3. The van der Waals surface area contributed by atoms with Crippen molar-refractivity contribution >= 4 is 127 Å². The first-order valence-corrected chi connectivity index (χ1v) is 36.7. The van der Waals surface area contributed by atoms with Gasteiger partial charge in [0.2, 0.25) is 76.8 Å². The molecule has 0 saturated carbocycles. The van der Waals surface area contributed by atoms with E-state index in [2.05, 4.69) is 63.5 Å². The molecule has 9 atom stereocenters. The smallest absolute Gasteiger partial charge is 0.303 e. The molecule has 24 N–H and O–H groups in total. The van der Waals surface area contributed by atoms with Crippen molar-refractivity contribution in [1.82, 2.24) is 63.5 Å². The van der Waals surface area contributed by atoms with Gasteiger partial charge in [-0.3, -0.25) is 72.5 Å². The molecule has 1 saturated heterocycles. The summed E-state index contributed by atoms with van der Waals surface area (Å²) in [6.07, 6.45) is -2.29. The number of anilines is 1. The topological polar surface area (TPSA) is 579 Å². The number of aliphatic carboxylic acids is 1. The van der Waals surface area contributed by atoms with Crippen molar-refractivity contribution < 1.29 is 82.4 Å². The predicted molar refractivity (Wildman–Crippen MR) is 396 cm³/mol. The summed E-state index contributed by atoms with van der Waals surface area (Å²) in [7, 11) is 1.66. The highest BCUT2D eigenvalue weighted by molar-refractivity contribution is 8.76. The largest absolute Gasteiger partial charge is 0.508 e. The van der Waals surface area contributed by atoms with Crippen LogP contribution in [0.2, 0.25) is 0 Å². The van der Waals surface area contributed by atoms with Gasteiger partial charge >= 0.3 is 5.97 Å². The number of phenolic OH excluding ortho intramolecular Hbond substituents is 2. The molecule has 576 valence electrons. The van der Waals surface area contributed by atoms with Gasteiger partial charge in [-0.05, 0) is 90.8 Å². The van der Waals surface area contributed by atoms with Crippen molar-refractivity contribution in [1.29, 1.82) is 5.41 Å². The molecule has 0 bridgehead atoms. The van der Waals surface area contributed by atoms with Crippen LogP contribution in [0.3, 0.4) is 0 Å². The molecule has 13 amide bonds. The van der Waals surface area contributed by atoms with Gasteiger partial charge in [-0.1, -0.05) is 96.1 Å². The van der Waals surface area contributed by atoms with Crippen LogP contribution in [0.1, 0.15) is 81.9 Å². The molecular weight excluding hydrogens is 1430 g/mol. The summed E-state index contributed by atoms with van der Waals surface area (Å²) in [6, 6.07) is 11.8. The Bertz CT molecular complexity index is 3960. The Kier molecular flexibility index (Phi) is 33.5. The number of primary amides is 2. The van der Waals surface area contributed by atoms with Crippen molar-refractivity contribution in [2.24, 2.45) is 28.9 Å². The first-order chi connectivity index (χ1) is 51.0. The van der Waals surface area contributed by atoms with Crippen LogP contribution in [0.15, 0.2) is 109 Å². The average Bonchev–Trinajstić information content (AvgIpc) is 1.71.